The molecule has 0 spiro atoms. The standard InChI is InChI=1S/C48H30N2S/c1-2-12-31(13-3-1)37-17-9-10-20-40(37)43-30-44(46-29-36-16-6-11-21-45(36)51-46)50-48(49-43)34-24-22-33(23-25-34)47-39-19-8-5-15-35(39)28-42-38-18-7-4-14-32(38)26-27-41(42)47/h1-30H. The van der Waals surface area contributed by atoms with E-state index in [1.165, 1.54) is 53.5 Å². The molecule has 0 N–H and O–H groups in total. The van der Waals surface area contributed by atoms with Crippen LogP contribution in [0.5, 0.6) is 0 Å². The summed E-state index contributed by atoms with van der Waals surface area (Å²) >= 11 is 1.77. The maximum Gasteiger partial charge on any atom is 0.160 e. The molecule has 2 nitrogen and oxygen atoms in total. The van der Waals surface area contributed by atoms with E-state index in [2.05, 4.69) is 182 Å². The molecule has 10 aromatic rings. The predicted molar refractivity (Wildman–Crippen MR) is 217 cm³/mol. The molecule has 3 heteroatoms. The number of rotatable bonds is 5. The van der Waals surface area contributed by atoms with Gasteiger partial charge < -0.3 is 0 Å². The molecular formula is C48H30N2S. The van der Waals surface area contributed by atoms with Crippen molar-refractivity contribution in [3.8, 4) is 55.5 Å². The molecule has 238 valence electrons. The highest BCUT2D eigenvalue weighted by atomic mass is 32.1. The Kier molecular flexibility index (Phi) is 7.04. The Morgan fingerprint density at radius 1 is 0.353 bits per heavy atom. The van der Waals surface area contributed by atoms with Gasteiger partial charge >= 0.3 is 0 Å². The molecule has 0 aliphatic heterocycles. The lowest BCUT2D eigenvalue weighted by atomic mass is 9.89. The lowest BCUT2D eigenvalue weighted by molar-refractivity contribution is 1.19. The summed E-state index contributed by atoms with van der Waals surface area (Å²) in [5, 5.41) is 8.76. The van der Waals surface area contributed by atoms with Crippen molar-refractivity contribution in [1.82, 2.24) is 9.97 Å². The molecular weight excluding hydrogens is 637 g/mol. The van der Waals surface area contributed by atoms with E-state index in [1.54, 1.807) is 11.3 Å². The Morgan fingerprint density at radius 2 is 1.00 bits per heavy atom. The van der Waals surface area contributed by atoms with Crippen molar-refractivity contribution in [3.63, 3.8) is 0 Å². The largest absolute Gasteiger partial charge is 0.228 e. The van der Waals surface area contributed by atoms with Gasteiger partial charge in [0, 0.05) is 15.8 Å². The third kappa shape index (κ3) is 5.18. The molecule has 2 aromatic heterocycles. The van der Waals surface area contributed by atoms with Gasteiger partial charge in [-0.2, -0.15) is 0 Å². The van der Waals surface area contributed by atoms with Crippen LogP contribution in [-0.4, -0.2) is 9.97 Å². The molecule has 2 heterocycles. The predicted octanol–water partition coefficient (Wildman–Crippen LogP) is 13.5. The van der Waals surface area contributed by atoms with Crippen molar-refractivity contribution in [2.75, 3.05) is 0 Å². The number of thiophene rings is 1. The smallest absolute Gasteiger partial charge is 0.160 e. The van der Waals surface area contributed by atoms with E-state index in [9.17, 15) is 0 Å². The summed E-state index contributed by atoms with van der Waals surface area (Å²) in [5.74, 6) is 0.711. The van der Waals surface area contributed by atoms with Crippen LogP contribution in [0.1, 0.15) is 0 Å². The monoisotopic (exact) mass is 666 g/mol. The molecule has 0 saturated heterocycles. The van der Waals surface area contributed by atoms with Crippen molar-refractivity contribution in [1.29, 1.82) is 0 Å². The normalized spacial score (nSPS) is 11.5. The van der Waals surface area contributed by atoms with Crippen LogP contribution in [-0.2, 0) is 0 Å². The van der Waals surface area contributed by atoms with E-state index in [0.29, 0.717) is 5.82 Å². The fourth-order valence-electron chi connectivity index (χ4n) is 7.44. The van der Waals surface area contributed by atoms with Gasteiger partial charge in [-0.3, -0.25) is 0 Å². The van der Waals surface area contributed by atoms with Gasteiger partial charge in [0.15, 0.2) is 5.82 Å². The van der Waals surface area contributed by atoms with Crippen LogP contribution in [0.4, 0.5) is 0 Å². The third-order valence-corrected chi connectivity index (χ3v) is 11.0. The SMILES string of the molecule is c1ccc(-c2ccccc2-c2cc(-c3cc4ccccc4s3)nc(-c3ccc(-c4c5ccccc5cc5c4ccc4ccccc45)cc3)n2)cc1. The average molecular weight is 667 g/mol. The molecule has 51 heavy (non-hydrogen) atoms. The lowest BCUT2D eigenvalue weighted by Crippen LogP contribution is -1.96. The van der Waals surface area contributed by atoms with Crippen molar-refractivity contribution in [2.45, 2.75) is 0 Å². The first-order valence-corrected chi connectivity index (χ1v) is 18.1. The molecule has 10 rings (SSSR count). The Labute approximate surface area is 300 Å². The van der Waals surface area contributed by atoms with E-state index >= 15 is 0 Å². The van der Waals surface area contributed by atoms with E-state index in [0.717, 1.165) is 38.5 Å². The minimum absolute atomic E-state index is 0.711. The highest BCUT2D eigenvalue weighted by Gasteiger charge is 2.17. The topological polar surface area (TPSA) is 25.8 Å². The van der Waals surface area contributed by atoms with Gasteiger partial charge in [-0.05, 0) is 84.2 Å². The van der Waals surface area contributed by atoms with Crippen molar-refractivity contribution >= 4 is 53.7 Å². The zero-order valence-electron chi connectivity index (χ0n) is 27.6. The van der Waals surface area contributed by atoms with Crippen molar-refractivity contribution in [3.05, 3.63) is 182 Å². The van der Waals surface area contributed by atoms with Crippen molar-refractivity contribution in [2.24, 2.45) is 0 Å². The van der Waals surface area contributed by atoms with Crippen LogP contribution in [0, 0.1) is 0 Å². The molecule has 0 fully saturated rings. The second-order valence-corrected chi connectivity index (χ2v) is 14.0. The first kappa shape index (κ1) is 29.5. The first-order chi connectivity index (χ1) is 25.3. The Hall–Kier alpha value is -6.42. The van der Waals surface area contributed by atoms with Gasteiger partial charge in [-0.25, -0.2) is 9.97 Å². The van der Waals surface area contributed by atoms with Gasteiger partial charge in [-0.1, -0.05) is 158 Å². The van der Waals surface area contributed by atoms with Crippen LogP contribution >= 0.6 is 11.3 Å². The number of hydrogen-bond donors (Lipinski definition) is 0. The van der Waals surface area contributed by atoms with Crippen molar-refractivity contribution < 1.29 is 0 Å². The Balaban J connectivity index is 1.15. The van der Waals surface area contributed by atoms with Crippen LogP contribution in [0.3, 0.4) is 0 Å². The minimum atomic E-state index is 0.711. The molecule has 0 radical (unpaired) electrons. The summed E-state index contributed by atoms with van der Waals surface area (Å²) in [6.07, 6.45) is 0. The highest BCUT2D eigenvalue weighted by molar-refractivity contribution is 7.22. The third-order valence-electron chi connectivity index (χ3n) is 9.89. The molecule has 0 bridgehead atoms. The van der Waals surface area contributed by atoms with Gasteiger partial charge in [-0.15, -0.1) is 11.3 Å². The maximum absolute atomic E-state index is 5.27. The summed E-state index contributed by atoms with van der Waals surface area (Å²) in [6, 6.07) is 65.1. The second kappa shape index (κ2) is 12.2. The molecule has 0 saturated carbocycles. The summed E-state index contributed by atoms with van der Waals surface area (Å²) in [5.41, 5.74) is 8.63. The zero-order chi connectivity index (χ0) is 33.7. The Morgan fingerprint density at radius 3 is 1.82 bits per heavy atom. The highest BCUT2D eigenvalue weighted by Crippen LogP contribution is 2.41. The molecule has 0 atom stereocenters. The van der Waals surface area contributed by atoms with Gasteiger partial charge in [0.05, 0.1) is 16.3 Å². The fraction of sp³-hybridized carbons (Fsp3) is 0. The zero-order valence-corrected chi connectivity index (χ0v) is 28.4. The lowest BCUT2D eigenvalue weighted by Gasteiger charge is -2.15. The summed E-state index contributed by atoms with van der Waals surface area (Å²) < 4.78 is 1.25. The van der Waals surface area contributed by atoms with E-state index in [4.69, 9.17) is 9.97 Å². The number of nitrogens with zero attached hydrogens (tertiary/aromatic N) is 2. The summed E-state index contributed by atoms with van der Waals surface area (Å²) in [4.78, 5) is 11.6. The van der Waals surface area contributed by atoms with E-state index in [1.807, 2.05) is 0 Å². The Bertz CT molecular complexity index is 2870. The van der Waals surface area contributed by atoms with Gasteiger partial charge in [0.2, 0.25) is 0 Å². The molecule has 0 unspecified atom stereocenters. The fourth-order valence-corrected chi connectivity index (χ4v) is 8.47. The summed E-state index contributed by atoms with van der Waals surface area (Å²) in [6.45, 7) is 0. The minimum Gasteiger partial charge on any atom is -0.228 e. The van der Waals surface area contributed by atoms with Crippen LogP contribution < -0.4 is 0 Å². The van der Waals surface area contributed by atoms with Crippen LogP contribution in [0.15, 0.2) is 182 Å². The van der Waals surface area contributed by atoms with Gasteiger partial charge in [0.1, 0.15) is 0 Å². The molecule has 8 aromatic carbocycles. The quantitative estimate of drug-likeness (QED) is 0.135. The number of benzene rings is 8. The second-order valence-electron chi connectivity index (χ2n) is 13.0. The van der Waals surface area contributed by atoms with Crippen LogP contribution in [0.25, 0.3) is 97.9 Å². The van der Waals surface area contributed by atoms with Crippen LogP contribution in [0.2, 0.25) is 0 Å². The number of aromatic nitrogens is 2. The molecule has 0 aliphatic carbocycles. The maximum atomic E-state index is 5.27. The summed E-state index contributed by atoms with van der Waals surface area (Å²) in [7, 11) is 0. The van der Waals surface area contributed by atoms with E-state index in [-0.39, 0.29) is 0 Å². The molecule has 0 amide bonds. The number of hydrogen-bond acceptors (Lipinski definition) is 3. The van der Waals surface area contributed by atoms with E-state index < -0.39 is 0 Å². The average Bonchev–Trinajstić information content (AvgIpc) is 3.65. The van der Waals surface area contributed by atoms with Gasteiger partial charge in [0.25, 0.3) is 0 Å². The first-order valence-electron chi connectivity index (χ1n) is 17.2. The molecule has 0 aliphatic rings. The number of fused-ring (bicyclic) bond motifs is 5.